The van der Waals surface area contributed by atoms with Gasteiger partial charge in [0.2, 0.25) is 0 Å². The molecule has 5 nitrogen and oxygen atoms in total. The average molecular weight is 284 g/mol. The number of ether oxygens (including phenoxy) is 1. The molecule has 1 aromatic rings. The third kappa shape index (κ3) is 3.41. The Hall–Kier alpha value is -1.69. The predicted molar refractivity (Wildman–Crippen MR) is 70.0 cm³/mol. The SMILES string of the molecule is CCOC(=O)C(=O)c1cc(S(C)(=O)=O)cc(C)c1C. The second kappa shape index (κ2) is 5.52. The van der Waals surface area contributed by atoms with E-state index in [1.54, 1.807) is 20.8 Å². The number of rotatable bonds is 4. The summed E-state index contributed by atoms with van der Waals surface area (Å²) in [6, 6.07) is 2.70. The summed E-state index contributed by atoms with van der Waals surface area (Å²) in [7, 11) is -3.44. The lowest BCUT2D eigenvalue weighted by atomic mass is 10.0. The highest BCUT2D eigenvalue weighted by Gasteiger charge is 2.22. The molecule has 0 aliphatic carbocycles. The van der Waals surface area contributed by atoms with E-state index in [2.05, 4.69) is 4.74 Å². The van der Waals surface area contributed by atoms with Gasteiger partial charge in [-0.2, -0.15) is 0 Å². The normalized spacial score (nSPS) is 11.2. The lowest BCUT2D eigenvalue weighted by molar-refractivity contribution is -0.137. The van der Waals surface area contributed by atoms with Crippen LogP contribution in [-0.4, -0.2) is 33.0 Å². The van der Waals surface area contributed by atoms with Gasteiger partial charge < -0.3 is 4.74 Å². The van der Waals surface area contributed by atoms with Gasteiger partial charge in [0.1, 0.15) is 0 Å². The molecule has 1 rings (SSSR count). The average Bonchev–Trinajstić information content (AvgIpc) is 2.30. The predicted octanol–water partition coefficient (Wildman–Crippen LogP) is 1.45. The lowest BCUT2D eigenvalue weighted by Gasteiger charge is -2.10. The molecule has 0 bridgehead atoms. The van der Waals surface area contributed by atoms with Crippen molar-refractivity contribution in [3.8, 4) is 0 Å². The third-order valence-corrected chi connectivity index (χ3v) is 3.87. The standard InChI is InChI=1S/C13H16O5S/c1-5-18-13(15)12(14)11-7-10(19(4,16)17)6-8(2)9(11)3/h6-7H,5H2,1-4H3. The van der Waals surface area contributed by atoms with Crippen LogP contribution < -0.4 is 0 Å². The van der Waals surface area contributed by atoms with E-state index in [9.17, 15) is 18.0 Å². The van der Waals surface area contributed by atoms with E-state index in [0.29, 0.717) is 11.1 Å². The molecule has 104 valence electrons. The number of ketones is 1. The van der Waals surface area contributed by atoms with Crippen LogP contribution in [-0.2, 0) is 19.4 Å². The van der Waals surface area contributed by atoms with Crippen LogP contribution >= 0.6 is 0 Å². The van der Waals surface area contributed by atoms with Crippen LogP contribution in [0.2, 0.25) is 0 Å². The zero-order chi connectivity index (χ0) is 14.8. The fraction of sp³-hybridized carbons (Fsp3) is 0.385. The van der Waals surface area contributed by atoms with E-state index in [4.69, 9.17) is 0 Å². The summed E-state index contributed by atoms with van der Waals surface area (Å²) in [6.07, 6.45) is 1.05. The largest absolute Gasteiger partial charge is 0.460 e. The molecule has 0 aliphatic rings. The molecule has 1 aromatic carbocycles. The monoisotopic (exact) mass is 284 g/mol. The van der Waals surface area contributed by atoms with Crippen molar-refractivity contribution in [2.45, 2.75) is 25.7 Å². The number of Topliss-reactive ketones (excluding diaryl/α,β-unsaturated/α-hetero) is 1. The maximum atomic E-state index is 11.9. The highest BCUT2D eigenvalue weighted by Crippen LogP contribution is 2.20. The molecule has 0 N–H and O–H groups in total. The maximum absolute atomic E-state index is 11.9. The molecule has 0 radical (unpaired) electrons. The summed E-state index contributed by atoms with van der Waals surface area (Å²) in [6.45, 7) is 5.03. The van der Waals surface area contributed by atoms with Gasteiger partial charge >= 0.3 is 5.97 Å². The van der Waals surface area contributed by atoms with Crippen LogP contribution in [0.5, 0.6) is 0 Å². The summed E-state index contributed by atoms with van der Waals surface area (Å²) in [5, 5.41) is 0. The van der Waals surface area contributed by atoms with Crippen molar-refractivity contribution >= 4 is 21.6 Å². The van der Waals surface area contributed by atoms with Crippen molar-refractivity contribution in [2.75, 3.05) is 12.9 Å². The highest BCUT2D eigenvalue weighted by molar-refractivity contribution is 7.90. The van der Waals surface area contributed by atoms with Gasteiger partial charge in [-0.05, 0) is 44.0 Å². The minimum atomic E-state index is -3.44. The topological polar surface area (TPSA) is 77.5 Å². The van der Waals surface area contributed by atoms with Gasteiger partial charge in [0, 0.05) is 11.8 Å². The minimum Gasteiger partial charge on any atom is -0.460 e. The van der Waals surface area contributed by atoms with Gasteiger partial charge in [0.15, 0.2) is 9.84 Å². The molecule has 0 atom stereocenters. The zero-order valence-electron chi connectivity index (χ0n) is 11.3. The summed E-state index contributed by atoms with van der Waals surface area (Å²) in [4.78, 5) is 23.4. The quantitative estimate of drug-likeness (QED) is 0.475. The van der Waals surface area contributed by atoms with Gasteiger partial charge in [-0.15, -0.1) is 0 Å². The second-order valence-electron chi connectivity index (χ2n) is 4.23. The van der Waals surface area contributed by atoms with Crippen molar-refractivity contribution < 1.29 is 22.7 Å². The Labute approximate surface area is 112 Å². The van der Waals surface area contributed by atoms with Crippen LogP contribution in [0, 0.1) is 13.8 Å². The molecule has 19 heavy (non-hydrogen) atoms. The molecule has 0 saturated heterocycles. The van der Waals surface area contributed by atoms with Crippen LogP contribution in [0.25, 0.3) is 0 Å². The number of hydrogen-bond acceptors (Lipinski definition) is 5. The number of esters is 1. The molecule has 0 saturated carbocycles. The summed E-state index contributed by atoms with van der Waals surface area (Å²) in [5.74, 6) is -1.80. The van der Waals surface area contributed by atoms with Crippen molar-refractivity contribution in [1.29, 1.82) is 0 Å². The van der Waals surface area contributed by atoms with Crippen molar-refractivity contribution in [3.63, 3.8) is 0 Å². The fourth-order valence-corrected chi connectivity index (χ4v) is 2.31. The highest BCUT2D eigenvalue weighted by atomic mass is 32.2. The second-order valence-corrected chi connectivity index (χ2v) is 6.25. The van der Waals surface area contributed by atoms with Crippen LogP contribution in [0.3, 0.4) is 0 Å². The lowest BCUT2D eigenvalue weighted by Crippen LogP contribution is -2.19. The fourth-order valence-electron chi connectivity index (χ4n) is 1.58. The first-order valence-electron chi connectivity index (χ1n) is 5.71. The Morgan fingerprint density at radius 3 is 2.26 bits per heavy atom. The molecular weight excluding hydrogens is 268 g/mol. The van der Waals surface area contributed by atoms with E-state index < -0.39 is 21.6 Å². The van der Waals surface area contributed by atoms with Crippen LogP contribution in [0.1, 0.15) is 28.4 Å². The van der Waals surface area contributed by atoms with Crippen molar-refractivity contribution in [3.05, 3.63) is 28.8 Å². The van der Waals surface area contributed by atoms with E-state index in [1.807, 2.05) is 0 Å². The number of carbonyl (C=O) groups excluding carboxylic acids is 2. The Bertz CT molecular complexity index is 629. The number of sulfone groups is 1. The molecule has 0 heterocycles. The first kappa shape index (κ1) is 15.4. The molecule has 0 unspecified atom stereocenters. The molecule has 0 aliphatic heterocycles. The Morgan fingerprint density at radius 2 is 1.79 bits per heavy atom. The van der Waals surface area contributed by atoms with Crippen LogP contribution in [0.4, 0.5) is 0 Å². The number of aryl methyl sites for hydroxylation is 1. The maximum Gasteiger partial charge on any atom is 0.379 e. The van der Waals surface area contributed by atoms with E-state index in [0.717, 1.165) is 6.26 Å². The first-order valence-corrected chi connectivity index (χ1v) is 7.60. The molecule has 0 spiro atoms. The summed E-state index contributed by atoms with van der Waals surface area (Å²) >= 11 is 0. The van der Waals surface area contributed by atoms with Crippen molar-refractivity contribution in [2.24, 2.45) is 0 Å². The number of benzene rings is 1. The van der Waals surface area contributed by atoms with E-state index >= 15 is 0 Å². The Kier molecular flexibility index (Phi) is 4.47. The van der Waals surface area contributed by atoms with Crippen molar-refractivity contribution in [1.82, 2.24) is 0 Å². The zero-order valence-corrected chi connectivity index (χ0v) is 12.1. The molecule has 0 aromatic heterocycles. The molecular formula is C13H16O5S. The van der Waals surface area contributed by atoms with Gasteiger partial charge in [-0.25, -0.2) is 13.2 Å². The minimum absolute atomic E-state index is 0.0169. The summed E-state index contributed by atoms with van der Waals surface area (Å²) in [5.41, 5.74) is 1.28. The van der Waals surface area contributed by atoms with E-state index in [-0.39, 0.29) is 17.1 Å². The molecule has 6 heteroatoms. The van der Waals surface area contributed by atoms with Crippen LogP contribution in [0.15, 0.2) is 17.0 Å². The van der Waals surface area contributed by atoms with Gasteiger partial charge in [0.25, 0.3) is 5.78 Å². The van der Waals surface area contributed by atoms with Gasteiger partial charge in [-0.1, -0.05) is 0 Å². The first-order chi connectivity index (χ1) is 8.68. The summed E-state index contributed by atoms with van der Waals surface area (Å²) < 4.78 is 27.7. The molecule has 0 fully saturated rings. The third-order valence-electron chi connectivity index (χ3n) is 2.77. The Morgan fingerprint density at radius 1 is 1.21 bits per heavy atom. The smallest absolute Gasteiger partial charge is 0.379 e. The molecule has 0 amide bonds. The van der Waals surface area contributed by atoms with Gasteiger partial charge in [-0.3, -0.25) is 4.79 Å². The number of hydrogen-bond donors (Lipinski definition) is 0. The Balaban J connectivity index is 3.39. The number of carbonyl (C=O) groups is 2. The van der Waals surface area contributed by atoms with Gasteiger partial charge in [0.05, 0.1) is 11.5 Å². The van der Waals surface area contributed by atoms with E-state index in [1.165, 1.54) is 12.1 Å².